The second-order valence-electron chi connectivity index (χ2n) is 12.5. The van der Waals surface area contributed by atoms with Crippen molar-refractivity contribution in [1.29, 1.82) is 0 Å². The van der Waals surface area contributed by atoms with Gasteiger partial charge in [0.15, 0.2) is 11.5 Å². The van der Waals surface area contributed by atoms with Crippen LogP contribution in [0.4, 0.5) is 0 Å². The number of piperidine rings is 3. The standard InChI is InChI=1S/C37H39Cl2N3O6S/c1-37(25-7-5-4-6-8-25,36(44)48-33-22-42-15-13-23(33)14-16-42)41-19-26-10-12-34(49-26)35(43)47-31(18-27-28(38)20-40-21-29(27)39)24-9-11-30(45-2)32(17-24)46-3/h4-12,17,20-21,23,31,33,41H,13-16,18-19,22H2,1-3H3/t31?,33-,37?/m0/s1. The van der Waals surface area contributed by atoms with Crippen LogP contribution in [0.15, 0.2) is 73.1 Å². The number of thiophene rings is 1. The second kappa shape index (κ2) is 15.5. The predicted octanol–water partition coefficient (Wildman–Crippen LogP) is 7.25. The van der Waals surface area contributed by atoms with Crippen molar-refractivity contribution in [3.63, 3.8) is 0 Å². The first-order chi connectivity index (χ1) is 23.7. The molecule has 9 nitrogen and oxygen atoms in total. The molecule has 0 amide bonds. The van der Waals surface area contributed by atoms with E-state index in [1.54, 1.807) is 32.4 Å². The lowest BCUT2D eigenvalue weighted by molar-refractivity contribution is -0.166. The van der Waals surface area contributed by atoms with Gasteiger partial charge >= 0.3 is 11.9 Å². The Kier molecular flexibility index (Phi) is 11.1. The van der Waals surface area contributed by atoms with Crippen LogP contribution in [-0.4, -0.2) is 61.8 Å². The summed E-state index contributed by atoms with van der Waals surface area (Å²) < 4.78 is 23.2. The summed E-state index contributed by atoms with van der Waals surface area (Å²) in [7, 11) is 3.10. The highest BCUT2D eigenvalue weighted by atomic mass is 35.5. The molecule has 3 aliphatic rings. The highest BCUT2D eigenvalue weighted by Gasteiger charge is 2.42. The van der Waals surface area contributed by atoms with Gasteiger partial charge in [0.1, 0.15) is 22.6 Å². The minimum absolute atomic E-state index is 0.113. The van der Waals surface area contributed by atoms with Gasteiger partial charge in [0, 0.05) is 36.8 Å². The normalized spacial score (nSPS) is 20.2. The van der Waals surface area contributed by atoms with Crippen molar-refractivity contribution in [3.8, 4) is 11.5 Å². The van der Waals surface area contributed by atoms with Gasteiger partial charge in [0.25, 0.3) is 0 Å². The number of nitrogens with one attached hydrogen (secondary N) is 1. The molecule has 0 aliphatic carbocycles. The number of hydrogen-bond acceptors (Lipinski definition) is 10. The Bertz CT molecular complexity index is 1760. The summed E-state index contributed by atoms with van der Waals surface area (Å²) in [6, 6.07) is 18.5. The third-order valence-corrected chi connectivity index (χ3v) is 11.2. The van der Waals surface area contributed by atoms with E-state index in [4.69, 9.17) is 42.1 Å². The first kappa shape index (κ1) is 35.2. The smallest absolute Gasteiger partial charge is 0.348 e. The van der Waals surface area contributed by atoms with E-state index in [0.717, 1.165) is 42.9 Å². The Balaban J connectivity index is 1.19. The van der Waals surface area contributed by atoms with Crippen LogP contribution >= 0.6 is 34.5 Å². The van der Waals surface area contributed by atoms with Crippen LogP contribution in [0.25, 0.3) is 0 Å². The molecule has 2 bridgehead atoms. The van der Waals surface area contributed by atoms with Gasteiger partial charge in [0.05, 0.1) is 24.3 Å². The summed E-state index contributed by atoms with van der Waals surface area (Å²) >= 11 is 14.2. The summed E-state index contributed by atoms with van der Waals surface area (Å²) in [5, 5.41) is 4.19. The molecule has 3 saturated heterocycles. The first-order valence-electron chi connectivity index (χ1n) is 16.2. The minimum Gasteiger partial charge on any atom is -0.493 e. The number of hydrogen-bond donors (Lipinski definition) is 1. The molecule has 0 spiro atoms. The van der Waals surface area contributed by atoms with Crippen molar-refractivity contribution in [1.82, 2.24) is 15.2 Å². The van der Waals surface area contributed by atoms with E-state index < -0.39 is 17.6 Å². The number of fused-ring (bicyclic) bond motifs is 3. The molecule has 2 aromatic carbocycles. The lowest BCUT2D eigenvalue weighted by atomic mass is 9.85. The van der Waals surface area contributed by atoms with Gasteiger partial charge in [-0.05, 0) is 79.7 Å². The van der Waals surface area contributed by atoms with Gasteiger partial charge in [0.2, 0.25) is 0 Å². The third-order valence-electron chi connectivity index (χ3n) is 9.46. The fraction of sp³-hybridized carbons (Fsp3) is 0.378. The van der Waals surface area contributed by atoms with E-state index in [1.165, 1.54) is 23.7 Å². The Hall–Kier alpha value is -3.67. The molecule has 7 rings (SSSR count). The fourth-order valence-electron chi connectivity index (χ4n) is 6.50. The molecule has 49 heavy (non-hydrogen) atoms. The van der Waals surface area contributed by atoms with Gasteiger partial charge < -0.3 is 18.9 Å². The number of esters is 2. The molecule has 1 N–H and O–H groups in total. The zero-order valence-electron chi connectivity index (χ0n) is 27.6. The molecule has 0 saturated carbocycles. The summed E-state index contributed by atoms with van der Waals surface area (Å²) in [4.78, 5) is 35.2. The van der Waals surface area contributed by atoms with E-state index in [0.29, 0.717) is 50.0 Å². The number of pyridine rings is 1. The third kappa shape index (κ3) is 7.89. The van der Waals surface area contributed by atoms with Crippen LogP contribution in [-0.2, 0) is 32.8 Å². The summed E-state index contributed by atoms with van der Waals surface area (Å²) in [5.74, 6) is 0.616. The molecular weight excluding hydrogens is 685 g/mol. The lowest BCUT2D eigenvalue weighted by Gasteiger charge is -2.45. The maximum Gasteiger partial charge on any atom is 0.348 e. The zero-order valence-corrected chi connectivity index (χ0v) is 29.9. The number of carbonyl (C=O) groups excluding carboxylic acids is 2. The topological polar surface area (TPSA) is 99.2 Å². The van der Waals surface area contributed by atoms with Crippen molar-refractivity contribution >= 4 is 46.5 Å². The van der Waals surface area contributed by atoms with E-state index in [-0.39, 0.29) is 18.5 Å². The maximum absolute atomic E-state index is 13.9. The van der Waals surface area contributed by atoms with Crippen LogP contribution in [0, 0.1) is 5.92 Å². The zero-order chi connectivity index (χ0) is 34.5. The molecule has 3 fully saturated rings. The molecule has 2 aromatic heterocycles. The second-order valence-corrected chi connectivity index (χ2v) is 14.5. The van der Waals surface area contributed by atoms with Crippen LogP contribution in [0.2, 0.25) is 10.0 Å². The average molecular weight is 725 g/mol. The Labute approximate surface area is 300 Å². The van der Waals surface area contributed by atoms with E-state index in [1.807, 2.05) is 49.4 Å². The van der Waals surface area contributed by atoms with Crippen molar-refractivity contribution in [3.05, 3.63) is 110 Å². The lowest BCUT2D eigenvalue weighted by Crippen LogP contribution is -2.55. The monoisotopic (exact) mass is 723 g/mol. The predicted molar refractivity (Wildman–Crippen MR) is 190 cm³/mol. The SMILES string of the molecule is COc1ccc(C(Cc2c(Cl)cncc2Cl)OC(=O)c2ccc(CNC(C)(C(=O)O[C@H]3CN4CCC3CC4)c3ccccc3)s2)cc1OC. The number of ether oxygens (including phenoxy) is 4. The Morgan fingerprint density at radius 2 is 1.71 bits per heavy atom. The Morgan fingerprint density at radius 3 is 2.37 bits per heavy atom. The molecule has 3 aliphatic heterocycles. The summed E-state index contributed by atoms with van der Waals surface area (Å²) in [5.41, 5.74) is 0.990. The molecule has 0 radical (unpaired) electrons. The molecule has 258 valence electrons. The fourth-order valence-corrected chi connectivity index (χ4v) is 7.85. The maximum atomic E-state index is 13.9. The van der Waals surface area contributed by atoms with Crippen molar-refractivity contribution < 1.29 is 28.5 Å². The number of nitrogens with zero attached hydrogens (tertiary/aromatic N) is 2. The van der Waals surface area contributed by atoms with Crippen molar-refractivity contribution in [2.75, 3.05) is 33.9 Å². The van der Waals surface area contributed by atoms with Crippen LogP contribution in [0.5, 0.6) is 11.5 Å². The molecular formula is C37H39Cl2N3O6S. The van der Waals surface area contributed by atoms with Crippen LogP contribution in [0.3, 0.4) is 0 Å². The van der Waals surface area contributed by atoms with Gasteiger partial charge in [-0.3, -0.25) is 15.2 Å². The molecule has 4 aromatic rings. The number of benzene rings is 2. The Morgan fingerprint density at radius 1 is 1.00 bits per heavy atom. The number of carbonyl (C=O) groups is 2. The molecule has 3 atom stereocenters. The number of halogens is 2. The van der Waals surface area contributed by atoms with Crippen molar-refractivity contribution in [2.24, 2.45) is 5.92 Å². The molecule has 5 heterocycles. The highest BCUT2D eigenvalue weighted by molar-refractivity contribution is 7.13. The van der Waals surface area contributed by atoms with Gasteiger partial charge in [-0.15, -0.1) is 11.3 Å². The van der Waals surface area contributed by atoms with E-state index in [9.17, 15) is 9.59 Å². The van der Waals surface area contributed by atoms with Gasteiger partial charge in [-0.1, -0.05) is 59.6 Å². The number of aromatic nitrogens is 1. The summed E-state index contributed by atoms with van der Waals surface area (Å²) in [6.45, 7) is 5.10. The minimum atomic E-state index is -1.10. The van der Waals surface area contributed by atoms with E-state index >= 15 is 0 Å². The summed E-state index contributed by atoms with van der Waals surface area (Å²) in [6.07, 6.45) is 4.46. The first-order valence-corrected chi connectivity index (χ1v) is 17.8. The average Bonchev–Trinajstić information content (AvgIpc) is 3.61. The quantitative estimate of drug-likeness (QED) is 0.143. The largest absolute Gasteiger partial charge is 0.493 e. The van der Waals surface area contributed by atoms with Crippen LogP contribution in [0.1, 0.15) is 57.1 Å². The van der Waals surface area contributed by atoms with Gasteiger partial charge in [-0.2, -0.15) is 0 Å². The van der Waals surface area contributed by atoms with Gasteiger partial charge in [-0.25, -0.2) is 9.59 Å². The van der Waals surface area contributed by atoms with Crippen LogP contribution < -0.4 is 14.8 Å². The van der Waals surface area contributed by atoms with Crippen molar-refractivity contribution in [2.45, 2.75) is 50.5 Å². The highest BCUT2D eigenvalue weighted by Crippen LogP contribution is 2.37. The number of methoxy groups -OCH3 is 2. The molecule has 2 unspecified atom stereocenters. The molecule has 12 heteroatoms. The van der Waals surface area contributed by atoms with E-state index in [2.05, 4.69) is 15.2 Å². The number of rotatable bonds is 13.